The van der Waals surface area contributed by atoms with Crippen LogP contribution in [0.4, 0.5) is 18.9 Å². The zero-order valence-electron chi connectivity index (χ0n) is 13.5. The molecule has 0 aromatic heterocycles. The molecule has 140 valence electrons. The number of carbonyl (C=O) groups is 3. The Bertz CT molecular complexity index is 770. The number of hydrogen-bond donors (Lipinski definition) is 0. The fourth-order valence-corrected chi connectivity index (χ4v) is 2.73. The molecule has 1 saturated carbocycles. The predicted octanol–water partition coefficient (Wildman–Crippen LogP) is 2.95. The summed E-state index contributed by atoms with van der Waals surface area (Å²) in [4.78, 5) is 46.1. The van der Waals surface area contributed by atoms with E-state index in [1.165, 1.54) is 6.92 Å². The average Bonchev–Trinajstić information content (AvgIpc) is 3.36. The van der Waals surface area contributed by atoms with E-state index in [2.05, 4.69) is 0 Å². The van der Waals surface area contributed by atoms with Gasteiger partial charge in [-0.05, 0) is 31.9 Å². The van der Waals surface area contributed by atoms with Gasteiger partial charge in [0, 0.05) is 6.07 Å². The highest BCUT2D eigenvalue weighted by molar-refractivity contribution is 6.11. The summed E-state index contributed by atoms with van der Waals surface area (Å²) in [6.45, 7) is 1.55. The van der Waals surface area contributed by atoms with E-state index in [9.17, 15) is 37.7 Å². The summed E-state index contributed by atoms with van der Waals surface area (Å²) in [7, 11) is 0. The number of nitro benzene ring substituents is 1. The Balaban J connectivity index is 2.46. The van der Waals surface area contributed by atoms with Gasteiger partial charge in [0.15, 0.2) is 5.78 Å². The number of carbonyl (C=O) groups excluding carboxylic acids is 3. The first kappa shape index (κ1) is 19.5. The highest BCUT2D eigenvalue weighted by Crippen LogP contribution is 2.53. The molecule has 1 aromatic carbocycles. The van der Waals surface area contributed by atoms with Gasteiger partial charge in [-0.25, -0.2) is 0 Å². The molecule has 26 heavy (non-hydrogen) atoms. The van der Waals surface area contributed by atoms with Crippen molar-refractivity contribution < 1.29 is 37.2 Å². The minimum absolute atomic E-state index is 0.0147. The molecule has 1 aliphatic rings. The van der Waals surface area contributed by atoms with E-state index in [4.69, 9.17) is 4.74 Å². The van der Waals surface area contributed by atoms with Gasteiger partial charge in [0.1, 0.15) is 6.29 Å². The lowest BCUT2D eigenvalue weighted by molar-refractivity contribution is -0.385. The third-order valence-electron chi connectivity index (χ3n) is 4.27. The van der Waals surface area contributed by atoms with Crippen LogP contribution in [0.3, 0.4) is 0 Å². The van der Waals surface area contributed by atoms with Gasteiger partial charge in [-0.2, -0.15) is 13.2 Å². The van der Waals surface area contributed by atoms with Gasteiger partial charge >= 0.3 is 12.1 Å². The largest absolute Gasteiger partial charge is 0.466 e. The second kappa shape index (κ2) is 6.85. The number of rotatable bonds is 7. The quantitative estimate of drug-likeness (QED) is 0.182. The molecule has 1 aliphatic carbocycles. The summed E-state index contributed by atoms with van der Waals surface area (Å²) in [5.41, 5.74) is -4.44. The first-order valence-electron chi connectivity index (χ1n) is 7.61. The normalized spacial score (nSPS) is 16.5. The van der Waals surface area contributed by atoms with Crippen molar-refractivity contribution in [1.29, 1.82) is 0 Å². The molecule has 10 heteroatoms. The lowest BCUT2D eigenvalue weighted by atomic mass is 9.83. The van der Waals surface area contributed by atoms with Gasteiger partial charge in [-0.1, -0.05) is 0 Å². The van der Waals surface area contributed by atoms with Gasteiger partial charge in [-0.15, -0.1) is 0 Å². The SMILES string of the molecule is CCOC(=O)C1(C(C=O)C(=O)c2ccc(C(F)(F)F)cc2[N+](=O)[O-])CC1. The summed E-state index contributed by atoms with van der Waals surface area (Å²) in [6.07, 6.45) is -4.29. The highest BCUT2D eigenvalue weighted by atomic mass is 19.4. The van der Waals surface area contributed by atoms with Gasteiger partial charge < -0.3 is 9.53 Å². The molecule has 0 spiro atoms. The summed E-state index contributed by atoms with van der Waals surface area (Å²) in [5, 5.41) is 11.1. The fraction of sp³-hybridized carbons (Fsp3) is 0.438. The topological polar surface area (TPSA) is 104 Å². The van der Waals surface area contributed by atoms with E-state index in [0.717, 1.165) is 0 Å². The molecule has 0 bridgehead atoms. The molecular formula is C16H14F3NO6. The van der Waals surface area contributed by atoms with Crippen molar-refractivity contribution in [3.05, 3.63) is 39.4 Å². The van der Waals surface area contributed by atoms with Crippen molar-refractivity contribution in [2.45, 2.75) is 25.9 Å². The Hall–Kier alpha value is -2.78. The van der Waals surface area contributed by atoms with Gasteiger partial charge in [-0.3, -0.25) is 19.7 Å². The number of aldehydes is 1. The second-order valence-corrected chi connectivity index (χ2v) is 5.84. The van der Waals surface area contributed by atoms with E-state index >= 15 is 0 Å². The molecule has 7 nitrogen and oxygen atoms in total. The maximum Gasteiger partial charge on any atom is 0.416 e. The van der Waals surface area contributed by atoms with Crippen LogP contribution in [0, 0.1) is 21.4 Å². The third kappa shape index (κ3) is 3.44. The molecular weight excluding hydrogens is 359 g/mol. The molecule has 0 radical (unpaired) electrons. The number of esters is 1. The number of nitro groups is 1. The second-order valence-electron chi connectivity index (χ2n) is 5.84. The molecule has 1 fully saturated rings. The molecule has 1 atom stereocenters. The lowest BCUT2D eigenvalue weighted by Gasteiger charge is -2.19. The highest BCUT2D eigenvalue weighted by Gasteiger charge is 2.60. The summed E-state index contributed by atoms with van der Waals surface area (Å²) < 4.78 is 43.1. The summed E-state index contributed by atoms with van der Waals surface area (Å²) >= 11 is 0. The lowest BCUT2D eigenvalue weighted by Crippen LogP contribution is -2.34. The summed E-state index contributed by atoms with van der Waals surface area (Å²) in [5.74, 6) is -3.41. The molecule has 0 saturated heterocycles. The number of benzene rings is 1. The average molecular weight is 373 g/mol. The predicted molar refractivity (Wildman–Crippen MR) is 80.3 cm³/mol. The molecule has 1 aromatic rings. The minimum atomic E-state index is -4.83. The van der Waals surface area contributed by atoms with Gasteiger partial charge in [0.2, 0.25) is 0 Å². The number of nitrogens with zero attached hydrogens (tertiary/aromatic N) is 1. The van der Waals surface area contributed by atoms with Crippen LogP contribution in [0.5, 0.6) is 0 Å². The molecule has 0 heterocycles. The van der Waals surface area contributed by atoms with Crippen molar-refractivity contribution in [2.75, 3.05) is 6.61 Å². The Morgan fingerprint density at radius 1 is 1.38 bits per heavy atom. The molecule has 0 N–H and O–H groups in total. The van der Waals surface area contributed by atoms with Crippen molar-refractivity contribution in [3.8, 4) is 0 Å². The Labute approximate surface area is 145 Å². The Morgan fingerprint density at radius 3 is 2.42 bits per heavy atom. The first-order valence-corrected chi connectivity index (χ1v) is 7.61. The minimum Gasteiger partial charge on any atom is -0.466 e. The number of Topliss-reactive ketones (excluding diaryl/α,β-unsaturated/α-hetero) is 1. The van der Waals surface area contributed by atoms with E-state index < -0.39 is 51.0 Å². The monoisotopic (exact) mass is 373 g/mol. The number of hydrogen-bond acceptors (Lipinski definition) is 6. The Kier molecular flexibility index (Phi) is 5.15. The fourth-order valence-electron chi connectivity index (χ4n) is 2.73. The van der Waals surface area contributed by atoms with Crippen LogP contribution in [0.25, 0.3) is 0 Å². The van der Waals surface area contributed by atoms with Crippen LogP contribution in [0.2, 0.25) is 0 Å². The maximum atomic E-state index is 12.8. The van der Waals surface area contributed by atoms with Crippen LogP contribution in [0.1, 0.15) is 35.7 Å². The van der Waals surface area contributed by atoms with E-state index in [1.54, 1.807) is 0 Å². The molecule has 0 amide bonds. The number of ketones is 1. The van der Waals surface area contributed by atoms with Crippen LogP contribution >= 0.6 is 0 Å². The van der Waals surface area contributed by atoms with Crippen LogP contribution in [-0.4, -0.2) is 29.6 Å². The number of alkyl halides is 3. The van der Waals surface area contributed by atoms with Crippen molar-refractivity contribution >= 4 is 23.7 Å². The Morgan fingerprint density at radius 2 is 2.00 bits per heavy atom. The third-order valence-corrected chi connectivity index (χ3v) is 4.27. The van der Waals surface area contributed by atoms with Crippen molar-refractivity contribution in [2.24, 2.45) is 11.3 Å². The van der Waals surface area contributed by atoms with Crippen molar-refractivity contribution in [1.82, 2.24) is 0 Å². The zero-order chi connectivity index (χ0) is 19.7. The van der Waals surface area contributed by atoms with Crippen LogP contribution in [-0.2, 0) is 20.5 Å². The molecule has 2 rings (SSSR count). The molecule has 0 aliphatic heterocycles. The smallest absolute Gasteiger partial charge is 0.416 e. The van der Waals surface area contributed by atoms with Gasteiger partial charge in [0.05, 0.1) is 34.0 Å². The van der Waals surface area contributed by atoms with Crippen molar-refractivity contribution in [3.63, 3.8) is 0 Å². The number of ether oxygens (including phenoxy) is 1. The summed E-state index contributed by atoms with van der Waals surface area (Å²) in [6, 6.07) is 1.41. The van der Waals surface area contributed by atoms with Crippen LogP contribution in [0.15, 0.2) is 18.2 Å². The van der Waals surface area contributed by atoms with Crippen LogP contribution < -0.4 is 0 Å². The van der Waals surface area contributed by atoms with E-state index in [0.29, 0.717) is 12.1 Å². The van der Waals surface area contributed by atoms with Gasteiger partial charge in [0.25, 0.3) is 5.69 Å². The molecule has 1 unspecified atom stereocenters. The van der Waals surface area contributed by atoms with E-state index in [-0.39, 0.29) is 31.8 Å². The maximum absolute atomic E-state index is 12.8. The van der Waals surface area contributed by atoms with E-state index in [1.807, 2.05) is 0 Å². The standard InChI is InChI=1S/C16H14F3NO6/c1-2-26-14(23)15(5-6-15)11(8-21)13(22)10-4-3-9(16(17,18)19)7-12(10)20(24)25/h3-4,7-8,11H,2,5-6H2,1H3. The first-order chi connectivity index (χ1) is 12.1. The number of halogens is 3. The zero-order valence-corrected chi connectivity index (χ0v) is 13.5.